The zero-order valence-electron chi connectivity index (χ0n) is 19.7. The summed E-state index contributed by atoms with van der Waals surface area (Å²) in [6.45, 7) is 14.4. The number of hydrogen-bond acceptors (Lipinski definition) is 6. The van der Waals surface area contributed by atoms with Crippen molar-refractivity contribution in [3.8, 4) is 0 Å². The summed E-state index contributed by atoms with van der Waals surface area (Å²) in [7, 11) is 0. The molecular weight excluding hydrogens is 396 g/mol. The number of ether oxygens (including phenoxy) is 2. The highest BCUT2D eigenvalue weighted by atomic mass is 16.6. The van der Waals surface area contributed by atoms with Gasteiger partial charge >= 0.3 is 11.9 Å². The molecule has 0 heterocycles. The first-order valence-electron chi connectivity index (χ1n) is 10.9. The zero-order valence-corrected chi connectivity index (χ0v) is 19.7. The van der Waals surface area contributed by atoms with Crippen LogP contribution >= 0.6 is 0 Å². The molecule has 0 spiro atoms. The molecule has 6 nitrogen and oxygen atoms in total. The maximum absolute atomic E-state index is 13.1. The summed E-state index contributed by atoms with van der Waals surface area (Å²) < 4.78 is 11.8. The number of carbonyl (C=O) groups excluding carboxylic acids is 3. The molecule has 4 aliphatic rings. The Kier molecular flexibility index (Phi) is 5.85. The second-order valence-electron chi connectivity index (χ2n) is 10.0. The molecule has 4 aliphatic carbocycles. The van der Waals surface area contributed by atoms with Crippen LogP contribution in [0, 0.1) is 28.6 Å². The molecule has 0 aromatic carbocycles. The van der Waals surface area contributed by atoms with E-state index >= 15 is 0 Å². The average Bonchev–Trinajstić information content (AvgIpc) is 2.78. The van der Waals surface area contributed by atoms with E-state index in [0.29, 0.717) is 11.1 Å². The molecule has 3 fully saturated rings. The van der Waals surface area contributed by atoms with Crippen LogP contribution in [0.5, 0.6) is 0 Å². The lowest BCUT2D eigenvalue weighted by molar-refractivity contribution is -0.212. The maximum Gasteiger partial charge on any atom is 0.333 e. The quantitative estimate of drug-likeness (QED) is 0.542. The highest BCUT2D eigenvalue weighted by molar-refractivity contribution is 5.97. The molecule has 0 amide bonds. The summed E-state index contributed by atoms with van der Waals surface area (Å²) in [5.74, 6) is -1.73. The molecule has 4 bridgehead atoms. The fourth-order valence-electron chi connectivity index (χ4n) is 6.04. The molecular formula is C25H34O6. The van der Waals surface area contributed by atoms with Gasteiger partial charge in [-0.3, -0.25) is 4.79 Å². The number of esters is 2. The van der Waals surface area contributed by atoms with Gasteiger partial charge in [0.2, 0.25) is 0 Å². The number of fused-ring (bicyclic) bond motifs is 3. The van der Waals surface area contributed by atoms with Gasteiger partial charge in [-0.2, -0.15) is 0 Å². The van der Waals surface area contributed by atoms with Crippen LogP contribution in [0.25, 0.3) is 0 Å². The molecule has 4 rings (SSSR count). The van der Waals surface area contributed by atoms with Gasteiger partial charge in [-0.05, 0) is 57.9 Å². The molecule has 31 heavy (non-hydrogen) atoms. The van der Waals surface area contributed by atoms with Gasteiger partial charge in [-0.1, -0.05) is 38.5 Å². The minimum absolute atomic E-state index is 0.0202. The van der Waals surface area contributed by atoms with Gasteiger partial charge in [0.15, 0.2) is 11.9 Å². The molecule has 0 unspecified atom stereocenters. The van der Waals surface area contributed by atoms with Crippen molar-refractivity contribution in [3.05, 3.63) is 34.9 Å². The number of allylic oxidation sites excluding steroid dienone is 4. The van der Waals surface area contributed by atoms with E-state index in [1.807, 2.05) is 27.7 Å². The third-order valence-electron chi connectivity index (χ3n) is 8.06. The summed E-state index contributed by atoms with van der Waals surface area (Å²) in [5, 5.41) is 11.5. The summed E-state index contributed by atoms with van der Waals surface area (Å²) in [4.78, 5) is 38.6. The Morgan fingerprint density at radius 2 is 1.52 bits per heavy atom. The van der Waals surface area contributed by atoms with Crippen molar-refractivity contribution in [2.75, 3.05) is 0 Å². The van der Waals surface area contributed by atoms with Crippen LogP contribution < -0.4 is 0 Å². The van der Waals surface area contributed by atoms with Crippen molar-refractivity contribution in [1.29, 1.82) is 0 Å². The molecule has 0 aromatic heterocycles. The summed E-state index contributed by atoms with van der Waals surface area (Å²) in [6.07, 6.45) is 1.79. The third-order valence-corrected chi connectivity index (χ3v) is 8.06. The van der Waals surface area contributed by atoms with Crippen molar-refractivity contribution in [1.82, 2.24) is 0 Å². The van der Waals surface area contributed by atoms with Crippen LogP contribution in [0.15, 0.2) is 34.9 Å². The SMILES string of the molecule is C/C=C(/C)C(=O)O[C@@H]1[C@@H](O)C(C)(C)[C@@H]2[C@H]3C(=O)C=C(C)[C@@H]2[C@@]3(C)[C@@H]1OC(=O)/C(C)=C\C. The minimum Gasteiger partial charge on any atom is -0.454 e. The second kappa shape index (κ2) is 7.73. The Labute approximate surface area is 184 Å². The van der Waals surface area contributed by atoms with E-state index in [9.17, 15) is 19.5 Å². The van der Waals surface area contributed by atoms with Crippen LogP contribution in [0.3, 0.4) is 0 Å². The van der Waals surface area contributed by atoms with Crippen molar-refractivity contribution in [2.45, 2.75) is 73.7 Å². The van der Waals surface area contributed by atoms with Gasteiger partial charge in [-0.15, -0.1) is 0 Å². The highest BCUT2D eigenvalue weighted by Crippen LogP contribution is 2.72. The van der Waals surface area contributed by atoms with Crippen LogP contribution in [0.4, 0.5) is 0 Å². The molecule has 0 aromatic rings. The number of hydrogen-bond donors (Lipinski definition) is 1. The van der Waals surface area contributed by atoms with Crippen LogP contribution in [0.1, 0.15) is 55.4 Å². The van der Waals surface area contributed by atoms with Gasteiger partial charge in [-0.25, -0.2) is 9.59 Å². The van der Waals surface area contributed by atoms with Gasteiger partial charge < -0.3 is 14.6 Å². The number of aliphatic hydroxyl groups is 1. The minimum atomic E-state index is -1.11. The van der Waals surface area contributed by atoms with E-state index < -0.39 is 47.0 Å². The van der Waals surface area contributed by atoms with E-state index in [1.165, 1.54) is 0 Å². The maximum atomic E-state index is 13.1. The molecule has 1 N–H and O–H groups in total. The monoisotopic (exact) mass is 430 g/mol. The van der Waals surface area contributed by atoms with E-state index in [2.05, 4.69) is 0 Å². The van der Waals surface area contributed by atoms with E-state index in [-0.39, 0.29) is 17.6 Å². The molecule has 6 heteroatoms. The van der Waals surface area contributed by atoms with Crippen LogP contribution in [-0.2, 0) is 23.9 Å². The van der Waals surface area contributed by atoms with E-state index in [0.717, 1.165) is 5.57 Å². The lowest BCUT2D eigenvalue weighted by atomic mass is 9.37. The Morgan fingerprint density at radius 1 is 1.00 bits per heavy atom. The largest absolute Gasteiger partial charge is 0.454 e. The van der Waals surface area contributed by atoms with Crippen LogP contribution in [-0.4, -0.2) is 41.1 Å². The lowest BCUT2D eigenvalue weighted by Crippen LogP contribution is -2.68. The van der Waals surface area contributed by atoms with Gasteiger partial charge in [0, 0.05) is 22.5 Å². The highest BCUT2D eigenvalue weighted by Gasteiger charge is 2.76. The van der Waals surface area contributed by atoms with Crippen molar-refractivity contribution >= 4 is 17.7 Å². The number of aliphatic hydroxyl groups excluding tert-OH is 1. The van der Waals surface area contributed by atoms with Crippen molar-refractivity contribution in [3.63, 3.8) is 0 Å². The summed E-state index contributed by atoms with van der Waals surface area (Å²) in [5.41, 5.74) is 0.227. The first kappa shape index (κ1) is 23.5. The number of ketones is 1. The molecule has 0 radical (unpaired) electrons. The van der Waals surface area contributed by atoms with Gasteiger partial charge in [0.1, 0.15) is 12.2 Å². The lowest BCUT2D eigenvalue weighted by Gasteiger charge is -2.65. The average molecular weight is 431 g/mol. The Hall–Kier alpha value is -2.21. The molecule has 170 valence electrons. The Bertz CT molecular complexity index is 907. The zero-order chi connectivity index (χ0) is 23.5. The topological polar surface area (TPSA) is 89.9 Å². The summed E-state index contributed by atoms with van der Waals surface area (Å²) in [6, 6.07) is 0. The first-order valence-corrected chi connectivity index (χ1v) is 10.9. The normalized spacial score (nSPS) is 39.1. The smallest absolute Gasteiger partial charge is 0.333 e. The predicted octanol–water partition coefficient (Wildman–Crippen LogP) is 3.54. The fraction of sp³-hybridized carbons (Fsp3) is 0.640. The molecule has 7 atom stereocenters. The van der Waals surface area contributed by atoms with Crippen molar-refractivity contribution in [2.24, 2.45) is 28.6 Å². The Morgan fingerprint density at radius 3 is 2.00 bits per heavy atom. The van der Waals surface area contributed by atoms with Gasteiger partial charge in [0.05, 0.1) is 0 Å². The number of rotatable bonds is 4. The van der Waals surface area contributed by atoms with Crippen LogP contribution in [0.2, 0.25) is 0 Å². The molecule has 0 aliphatic heterocycles. The number of carbonyl (C=O) groups is 3. The second-order valence-corrected chi connectivity index (χ2v) is 10.0. The predicted molar refractivity (Wildman–Crippen MR) is 116 cm³/mol. The van der Waals surface area contributed by atoms with E-state index in [1.54, 1.807) is 45.9 Å². The molecule has 3 saturated carbocycles. The third kappa shape index (κ3) is 3.22. The first-order chi connectivity index (χ1) is 14.3. The fourth-order valence-corrected chi connectivity index (χ4v) is 6.04. The summed E-state index contributed by atoms with van der Waals surface area (Å²) >= 11 is 0. The van der Waals surface area contributed by atoms with Crippen molar-refractivity contribution < 1.29 is 29.0 Å². The molecule has 0 saturated heterocycles. The standard InChI is InChI=1S/C25H34O6/c1-9-12(3)22(28)30-19-20(27)24(6,7)18-16-14(5)11-15(26)17(18)25(16,8)21(19)31-23(29)13(4)10-2/h9-11,16-21,27H,1-8H3/b12-9-,13-10-/t16-,17+,18-,19+,20+,21+,25+/m0/s1. The Balaban J connectivity index is 2.17. The van der Waals surface area contributed by atoms with E-state index in [4.69, 9.17) is 9.47 Å². The van der Waals surface area contributed by atoms with Gasteiger partial charge in [0.25, 0.3) is 0 Å².